The molecular formula is C24H24F3N5. The van der Waals surface area contributed by atoms with Crippen molar-refractivity contribution in [3.8, 4) is 11.4 Å². The van der Waals surface area contributed by atoms with Gasteiger partial charge in [-0.3, -0.25) is 4.99 Å². The van der Waals surface area contributed by atoms with E-state index in [9.17, 15) is 13.2 Å². The van der Waals surface area contributed by atoms with Gasteiger partial charge in [-0.2, -0.15) is 13.2 Å². The van der Waals surface area contributed by atoms with Gasteiger partial charge < -0.3 is 10.6 Å². The van der Waals surface area contributed by atoms with Gasteiger partial charge in [0.2, 0.25) is 0 Å². The minimum Gasteiger partial charge on any atom is -0.331 e. The molecule has 8 heteroatoms. The zero-order valence-corrected chi connectivity index (χ0v) is 17.7. The minimum absolute atomic E-state index is 0.00556. The first kappa shape index (κ1) is 21.8. The SMILES string of the molecule is C=C(NC(=NCCC)C1CC1)Nc1nc(-c2ccccc2C(F)(F)F)nc2ccccc12. The molecule has 0 radical (unpaired) electrons. The topological polar surface area (TPSA) is 62.2 Å². The summed E-state index contributed by atoms with van der Waals surface area (Å²) in [6, 6.07) is 12.5. The van der Waals surface area contributed by atoms with E-state index in [-0.39, 0.29) is 11.4 Å². The fourth-order valence-corrected chi connectivity index (χ4v) is 3.41. The Morgan fingerprint density at radius 1 is 1.09 bits per heavy atom. The van der Waals surface area contributed by atoms with Crippen molar-refractivity contribution in [2.45, 2.75) is 32.4 Å². The van der Waals surface area contributed by atoms with Gasteiger partial charge in [-0.15, -0.1) is 0 Å². The molecule has 0 bridgehead atoms. The molecule has 2 N–H and O–H groups in total. The first-order valence-electron chi connectivity index (χ1n) is 10.6. The van der Waals surface area contributed by atoms with Crippen molar-refractivity contribution < 1.29 is 13.2 Å². The minimum atomic E-state index is -4.51. The summed E-state index contributed by atoms with van der Waals surface area (Å²) < 4.78 is 40.7. The lowest BCUT2D eigenvalue weighted by Crippen LogP contribution is -2.28. The lowest BCUT2D eigenvalue weighted by molar-refractivity contribution is -0.137. The van der Waals surface area contributed by atoms with Gasteiger partial charge in [0.15, 0.2) is 5.82 Å². The third-order valence-corrected chi connectivity index (χ3v) is 5.09. The Balaban J connectivity index is 1.70. The molecule has 0 spiro atoms. The molecule has 0 saturated heterocycles. The second kappa shape index (κ2) is 8.98. The number of halogens is 3. The highest BCUT2D eigenvalue weighted by atomic mass is 19.4. The van der Waals surface area contributed by atoms with Crippen molar-refractivity contribution in [2.24, 2.45) is 10.9 Å². The Hall–Kier alpha value is -3.42. The summed E-state index contributed by atoms with van der Waals surface area (Å²) in [6.45, 7) is 6.82. The second-order valence-corrected chi connectivity index (χ2v) is 7.73. The van der Waals surface area contributed by atoms with E-state index in [0.29, 0.717) is 28.5 Å². The number of hydrogen-bond acceptors (Lipinski definition) is 4. The quantitative estimate of drug-likeness (QED) is 0.350. The van der Waals surface area contributed by atoms with Crippen LogP contribution in [0.3, 0.4) is 0 Å². The zero-order chi connectivity index (χ0) is 22.7. The van der Waals surface area contributed by atoms with Crippen molar-refractivity contribution in [2.75, 3.05) is 11.9 Å². The number of nitrogens with one attached hydrogen (secondary N) is 2. The summed E-state index contributed by atoms with van der Waals surface area (Å²) >= 11 is 0. The fraction of sp³-hybridized carbons (Fsp3) is 0.292. The van der Waals surface area contributed by atoms with Crippen LogP contribution >= 0.6 is 0 Å². The van der Waals surface area contributed by atoms with E-state index >= 15 is 0 Å². The van der Waals surface area contributed by atoms with Gasteiger partial charge in [-0.05, 0) is 37.5 Å². The molecule has 0 amide bonds. The van der Waals surface area contributed by atoms with Gasteiger partial charge in [-0.25, -0.2) is 9.97 Å². The smallest absolute Gasteiger partial charge is 0.331 e. The fourth-order valence-electron chi connectivity index (χ4n) is 3.41. The first-order chi connectivity index (χ1) is 15.4. The van der Waals surface area contributed by atoms with Crippen LogP contribution in [0.15, 0.2) is 65.9 Å². The third kappa shape index (κ3) is 4.90. The maximum absolute atomic E-state index is 13.6. The standard InChI is InChI=1S/C24H24F3N5/c1-3-14-28-21(16-12-13-16)29-15(2)30-23-18-9-5-7-11-20(18)31-22(32-23)17-8-4-6-10-19(17)24(25,26)27/h4-11,16H,2-3,12-14H2,1H3,(H,28,29)(H,30,31,32). The normalized spacial score (nSPS) is 14.4. The second-order valence-electron chi connectivity index (χ2n) is 7.73. The molecule has 3 aromatic rings. The largest absolute Gasteiger partial charge is 0.417 e. The van der Waals surface area contributed by atoms with Gasteiger partial charge in [0.1, 0.15) is 17.5 Å². The molecule has 1 aromatic heterocycles. The molecule has 1 saturated carbocycles. The zero-order valence-electron chi connectivity index (χ0n) is 17.7. The van der Waals surface area contributed by atoms with Crippen molar-refractivity contribution >= 4 is 22.6 Å². The predicted octanol–water partition coefficient (Wildman–Crippen LogP) is 6.01. The summed E-state index contributed by atoms with van der Waals surface area (Å²) in [5.74, 6) is 2.12. The number of nitrogens with zero attached hydrogens (tertiary/aromatic N) is 3. The summed E-state index contributed by atoms with van der Waals surface area (Å²) in [4.78, 5) is 13.5. The molecule has 1 aliphatic carbocycles. The van der Waals surface area contributed by atoms with E-state index in [2.05, 4.69) is 39.1 Å². The first-order valence-corrected chi connectivity index (χ1v) is 10.6. The molecule has 0 aliphatic heterocycles. The van der Waals surface area contributed by atoms with E-state index < -0.39 is 11.7 Å². The molecule has 1 aliphatic rings. The number of benzene rings is 2. The molecule has 1 fully saturated rings. The Morgan fingerprint density at radius 2 is 1.81 bits per heavy atom. The number of hydrogen-bond donors (Lipinski definition) is 2. The van der Waals surface area contributed by atoms with Gasteiger partial charge in [0.05, 0.1) is 11.1 Å². The van der Waals surface area contributed by atoms with Crippen LogP contribution in [-0.4, -0.2) is 22.3 Å². The Morgan fingerprint density at radius 3 is 2.53 bits per heavy atom. The van der Waals surface area contributed by atoms with Crippen molar-refractivity contribution in [1.82, 2.24) is 15.3 Å². The molecular weight excluding hydrogens is 415 g/mol. The van der Waals surface area contributed by atoms with Crippen LogP contribution in [0.5, 0.6) is 0 Å². The molecule has 1 heterocycles. The molecule has 5 nitrogen and oxygen atoms in total. The summed E-state index contributed by atoms with van der Waals surface area (Å²) in [5.41, 5.74) is -0.316. The monoisotopic (exact) mass is 439 g/mol. The van der Waals surface area contributed by atoms with E-state index in [1.54, 1.807) is 18.2 Å². The summed E-state index contributed by atoms with van der Waals surface area (Å²) in [7, 11) is 0. The van der Waals surface area contributed by atoms with Gasteiger partial charge in [0.25, 0.3) is 0 Å². The average Bonchev–Trinajstić information content (AvgIpc) is 3.61. The van der Waals surface area contributed by atoms with Crippen LogP contribution in [-0.2, 0) is 6.18 Å². The van der Waals surface area contributed by atoms with Gasteiger partial charge in [-0.1, -0.05) is 43.8 Å². The molecule has 2 aromatic carbocycles. The van der Waals surface area contributed by atoms with Crippen LogP contribution in [0.1, 0.15) is 31.7 Å². The highest BCUT2D eigenvalue weighted by molar-refractivity contribution is 5.92. The molecule has 0 unspecified atom stereocenters. The average molecular weight is 439 g/mol. The maximum Gasteiger partial charge on any atom is 0.417 e. The molecule has 0 atom stereocenters. The molecule has 32 heavy (non-hydrogen) atoms. The number of para-hydroxylation sites is 1. The lowest BCUT2D eigenvalue weighted by Gasteiger charge is -2.17. The molecule has 166 valence electrons. The number of amidine groups is 1. The van der Waals surface area contributed by atoms with E-state index in [1.807, 2.05) is 12.1 Å². The number of aliphatic imine (C=N–C) groups is 1. The van der Waals surface area contributed by atoms with Crippen LogP contribution in [0.4, 0.5) is 19.0 Å². The Kier molecular flexibility index (Phi) is 6.12. The predicted molar refractivity (Wildman–Crippen MR) is 121 cm³/mol. The van der Waals surface area contributed by atoms with Gasteiger partial charge in [0, 0.05) is 23.4 Å². The van der Waals surface area contributed by atoms with E-state index in [0.717, 1.165) is 37.7 Å². The van der Waals surface area contributed by atoms with Crippen molar-refractivity contribution in [3.63, 3.8) is 0 Å². The van der Waals surface area contributed by atoms with Crippen molar-refractivity contribution in [1.29, 1.82) is 0 Å². The van der Waals surface area contributed by atoms with Crippen LogP contribution < -0.4 is 10.6 Å². The Bertz CT molecular complexity index is 1170. The van der Waals surface area contributed by atoms with Crippen LogP contribution in [0.2, 0.25) is 0 Å². The van der Waals surface area contributed by atoms with Gasteiger partial charge >= 0.3 is 6.18 Å². The highest BCUT2D eigenvalue weighted by Crippen LogP contribution is 2.37. The summed E-state index contributed by atoms with van der Waals surface area (Å²) in [5, 5.41) is 7.03. The number of rotatable bonds is 7. The number of alkyl halides is 3. The maximum atomic E-state index is 13.6. The third-order valence-electron chi connectivity index (χ3n) is 5.09. The lowest BCUT2D eigenvalue weighted by atomic mass is 10.1. The highest BCUT2D eigenvalue weighted by Gasteiger charge is 2.34. The molecule has 4 rings (SSSR count). The van der Waals surface area contributed by atoms with Crippen LogP contribution in [0.25, 0.3) is 22.3 Å². The van der Waals surface area contributed by atoms with E-state index in [1.165, 1.54) is 12.1 Å². The van der Waals surface area contributed by atoms with Crippen molar-refractivity contribution in [3.05, 3.63) is 66.5 Å². The van der Waals surface area contributed by atoms with E-state index in [4.69, 9.17) is 0 Å². The number of fused-ring (bicyclic) bond motifs is 1. The Labute approximate surface area is 184 Å². The summed E-state index contributed by atoms with van der Waals surface area (Å²) in [6.07, 6.45) is -1.41. The van der Waals surface area contributed by atoms with Crippen LogP contribution in [0, 0.1) is 5.92 Å². The number of aromatic nitrogens is 2. The number of anilines is 1.